The third kappa shape index (κ3) is 12.5. The Labute approximate surface area is 166 Å². The van der Waals surface area contributed by atoms with E-state index in [0.29, 0.717) is 12.5 Å². The molecule has 4 heteroatoms. The Balaban J connectivity index is 1.85. The van der Waals surface area contributed by atoms with Crippen LogP contribution in [0.5, 0.6) is 0 Å². The van der Waals surface area contributed by atoms with Crippen molar-refractivity contribution in [2.24, 2.45) is 0 Å². The highest BCUT2D eigenvalue weighted by Gasteiger charge is 2.11. The molecule has 156 valence electrons. The van der Waals surface area contributed by atoms with Gasteiger partial charge in [0.2, 0.25) is 5.76 Å². The van der Waals surface area contributed by atoms with E-state index in [1.165, 1.54) is 83.5 Å². The maximum atomic E-state index is 11.5. The Morgan fingerprint density at radius 1 is 0.815 bits per heavy atom. The number of carbonyl (C=O) groups excluding carboxylic acids is 1. The quantitative estimate of drug-likeness (QED) is 0.214. The molecule has 27 heavy (non-hydrogen) atoms. The maximum absolute atomic E-state index is 11.5. The number of nitrogens with one attached hydrogen (secondary N) is 1. The second kappa shape index (κ2) is 16.7. The minimum absolute atomic E-state index is 0.264. The van der Waals surface area contributed by atoms with Gasteiger partial charge in [-0.3, -0.25) is 0 Å². The van der Waals surface area contributed by atoms with Crippen molar-refractivity contribution in [3.8, 4) is 0 Å². The molecule has 1 N–H and O–H groups in total. The van der Waals surface area contributed by atoms with Crippen LogP contribution in [0.4, 0.5) is 5.88 Å². The van der Waals surface area contributed by atoms with Gasteiger partial charge in [0.1, 0.15) is 0 Å². The fourth-order valence-electron chi connectivity index (χ4n) is 3.28. The Kier molecular flexibility index (Phi) is 14.6. The Hall–Kier alpha value is -1.45. The number of unbranched alkanes of at least 4 members (excludes halogenated alkanes) is 13. The van der Waals surface area contributed by atoms with Crippen LogP contribution >= 0.6 is 0 Å². The minimum atomic E-state index is -0.401. The first kappa shape index (κ1) is 23.6. The summed E-state index contributed by atoms with van der Waals surface area (Å²) in [5.74, 6) is 0.509. The first-order valence-corrected chi connectivity index (χ1v) is 11.3. The molecule has 1 aromatic heterocycles. The molecule has 0 amide bonds. The van der Waals surface area contributed by atoms with E-state index in [0.717, 1.165) is 13.0 Å². The number of hydrogen-bond acceptors (Lipinski definition) is 4. The second-order valence-corrected chi connectivity index (χ2v) is 7.41. The lowest BCUT2D eigenvalue weighted by Crippen LogP contribution is -2.03. The highest BCUT2D eigenvalue weighted by Crippen LogP contribution is 2.15. The van der Waals surface area contributed by atoms with Gasteiger partial charge in [-0.15, -0.1) is 0 Å². The minimum Gasteiger partial charge on any atom is -0.460 e. The van der Waals surface area contributed by atoms with Crippen molar-refractivity contribution in [2.45, 2.75) is 104 Å². The number of rotatable bonds is 18. The van der Waals surface area contributed by atoms with Gasteiger partial charge in [0.25, 0.3) is 0 Å². The molecule has 0 bridgehead atoms. The predicted molar refractivity (Wildman–Crippen MR) is 113 cm³/mol. The number of hydrogen-bond donors (Lipinski definition) is 1. The topological polar surface area (TPSA) is 51.5 Å². The summed E-state index contributed by atoms with van der Waals surface area (Å²) >= 11 is 0. The number of ether oxygens (including phenoxy) is 1. The lowest BCUT2D eigenvalue weighted by atomic mass is 10.0. The fourth-order valence-corrected chi connectivity index (χ4v) is 3.28. The first-order chi connectivity index (χ1) is 13.3. The van der Waals surface area contributed by atoms with Crippen LogP contribution < -0.4 is 5.32 Å². The summed E-state index contributed by atoms with van der Waals surface area (Å²) in [7, 11) is 0. The largest absolute Gasteiger partial charge is 0.460 e. The zero-order valence-electron chi connectivity index (χ0n) is 17.7. The van der Waals surface area contributed by atoms with Crippen molar-refractivity contribution in [2.75, 3.05) is 18.5 Å². The molecule has 0 aromatic carbocycles. The number of carbonyl (C=O) groups is 1. The molecule has 0 aliphatic rings. The van der Waals surface area contributed by atoms with Gasteiger partial charge in [-0.1, -0.05) is 90.4 Å². The summed E-state index contributed by atoms with van der Waals surface area (Å²) in [5, 5.41) is 3.23. The number of anilines is 1. The molecule has 0 spiro atoms. The average Bonchev–Trinajstić information content (AvgIpc) is 3.14. The van der Waals surface area contributed by atoms with E-state index in [4.69, 9.17) is 9.15 Å². The zero-order valence-corrected chi connectivity index (χ0v) is 17.7. The van der Waals surface area contributed by atoms with E-state index in [2.05, 4.69) is 12.2 Å². The van der Waals surface area contributed by atoms with Gasteiger partial charge in [-0.05, 0) is 19.4 Å². The third-order valence-corrected chi connectivity index (χ3v) is 4.91. The third-order valence-electron chi connectivity index (χ3n) is 4.91. The molecule has 0 fully saturated rings. The molecule has 0 aliphatic heterocycles. The van der Waals surface area contributed by atoms with Crippen molar-refractivity contribution in [1.29, 1.82) is 0 Å². The molecule has 0 unspecified atom stereocenters. The van der Waals surface area contributed by atoms with Crippen molar-refractivity contribution in [1.82, 2.24) is 0 Å². The van der Waals surface area contributed by atoms with Crippen LogP contribution in [-0.2, 0) is 4.74 Å². The molecule has 0 radical (unpaired) electrons. The summed E-state index contributed by atoms with van der Waals surface area (Å²) in [6.07, 6.45) is 19.1. The zero-order chi connectivity index (χ0) is 19.6. The summed E-state index contributed by atoms with van der Waals surface area (Å²) in [4.78, 5) is 11.5. The highest BCUT2D eigenvalue weighted by molar-refractivity contribution is 5.86. The molecule has 0 saturated heterocycles. The van der Waals surface area contributed by atoms with Crippen molar-refractivity contribution in [3.05, 3.63) is 17.9 Å². The predicted octanol–water partition coefficient (Wildman–Crippen LogP) is 7.35. The van der Waals surface area contributed by atoms with Gasteiger partial charge in [-0.25, -0.2) is 4.79 Å². The molecule has 4 nitrogen and oxygen atoms in total. The molecule has 1 rings (SSSR count). The summed E-state index contributed by atoms with van der Waals surface area (Å²) < 4.78 is 10.3. The number of furan rings is 1. The monoisotopic (exact) mass is 379 g/mol. The molecular formula is C23H41NO3. The fraction of sp³-hybridized carbons (Fsp3) is 0.783. The SMILES string of the molecule is CCCCCCCCCCCCCCCCNc1ccc(C(=O)OCC)o1. The van der Waals surface area contributed by atoms with Gasteiger partial charge in [-0.2, -0.15) is 0 Å². The van der Waals surface area contributed by atoms with Crippen molar-refractivity contribution < 1.29 is 13.9 Å². The van der Waals surface area contributed by atoms with Gasteiger partial charge in [0.15, 0.2) is 5.88 Å². The molecular weight excluding hydrogens is 338 g/mol. The van der Waals surface area contributed by atoms with Crippen LogP contribution in [-0.4, -0.2) is 19.1 Å². The summed E-state index contributed by atoms with van der Waals surface area (Å²) in [5.41, 5.74) is 0. The van der Waals surface area contributed by atoms with Gasteiger partial charge in [0, 0.05) is 12.6 Å². The molecule has 0 aliphatic carbocycles. The van der Waals surface area contributed by atoms with Crippen LogP contribution in [0.3, 0.4) is 0 Å². The van der Waals surface area contributed by atoms with Crippen LogP contribution in [0.15, 0.2) is 16.5 Å². The summed E-state index contributed by atoms with van der Waals surface area (Å²) in [6.45, 7) is 5.31. The van der Waals surface area contributed by atoms with Gasteiger partial charge < -0.3 is 14.5 Å². The maximum Gasteiger partial charge on any atom is 0.374 e. The molecule has 1 aromatic rings. The smallest absolute Gasteiger partial charge is 0.374 e. The van der Waals surface area contributed by atoms with Gasteiger partial charge >= 0.3 is 5.97 Å². The van der Waals surface area contributed by atoms with Crippen LogP contribution in [0.1, 0.15) is 114 Å². The van der Waals surface area contributed by atoms with Crippen LogP contribution in [0.25, 0.3) is 0 Å². The van der Waals surface area contributed by atoms with E-state index < -0.39 is 5.97 Å². The summed E-state index contributed by atoms with van der Waals surface area (Å²) in [6, 6.07) is 3.45. The lowest BCUT2D eigenvalue weighted by Gasteiger charge is -2.04. The van der Waals surface area contributed by atoms with Gasteiger partial charge in [0.05, 0.1) is 6.61 Å². The van der Waals surface area contributed by atoms with Crippen LogP contribution in [0, 0.1) is 0 Å². The second-order valence-electron chi connectivity index (χ2n) is 7.41. The average molecular weight is 380 g/mol. The van der Waals surface area contributed by atoms with E-state index in [-0.39, 0.29) is 5.76 Å². The van der Waals surface area contributed by atoms with E-state index >= 15 is 0 Å². The first-order valence-electron chi connectivity index (χ1n) is 11.3. The standard InChI is InChI=1S/C23H41NO3/c1-3-5-6-7-8-9-10-11-12-13-14-15-16-17-20-24-22-19-18-21(27-22)23(25)26-4-2/h18-19,24H,3-17,20H2,1-2H3. The number of esters is 1. The lowest BCUT2D eigenvalue weighted by molar-refractivity contribution is 0.0491. The Morgan fingerprint density at radius 2 is 1.33 bits per heavy atom. The molecule has 1 heterocycles. The Bertz CT molecular complexity index is 470. The molecule has 0 atom stereocenters. The van der Waals surface area contributed by atoms with E-state index in [1.807, 2.05) is 0 Å². The van der Waals surface area contributed by atoms with Crippen molar-refractivity contribution in [3.63, 3.8) is 0 Å². The molecule has 0 saturated carbocycles. The highest BCUT2D eigenvalue weighted by atomic mass is 16.5. The van der Waals surface area contributed by atoms with E-state index in [9.17, 15) is 4.79 Å². The van der Waals surface area contributed by atoms with E-state index in [1.54, 1.807) is 19.1 Å². The van der Waals surface area contributed by atoms with Crippen LogP contribution in [0.2, 0.25) is 0 Å². The Morgan fingerprint density at radius 3 is 1.85 bits per heavy atom. The van der Waals surface area contributed by atoms with Crippen molar-refractivity contribution >= 4 is 11.9 Å². The normalized spacial score (nSPS) is 10.9.